The van der Waals surface area contributed by atoms with Crippen molar-refractivity contribution in [3.63, 3.8) is 0 Å². The van der Waals surface area contributed by atoms with Gasteiger partial charge in [0.2, 0.25) is 0 Å². The van der Waals surface area contributed by atoms with Crippen LogP contribution in [0, 0.1) is 0 Å². The minimum absolute atomic E-state index is 0.264. The van der Waals surface area contributed by atoms with Crippen LogP contribution in [0.5, 0.6) is 5.88 Å². The maximum absolute atomic E-state index is 9.91. The number of pyridine rings is 2. The highest BCUT2D eigenvalue weighted by molar-refractivity contribution is 6.33. The first kappa shape index (κ1) is 20.2. The number of rotatable bonds is 4. The van der Waals surface area contributed by atoms with Crippen molar-refractivity contribution >= 4 is 28.3 Å². The van der Waals surface area contributed by atoms with E-state index >= 15 is 0 Å². The summed E-state index contributed by atoms with van der Waals surface area (Å²) >= 11 is 6.54. The van der Waals surface area contributed by atoms with Gasteiger partial charge in [-0.15, -0.1) is 0 Å². The molecule has 0 bridgehead atoms. The Kier molecular flexibility index (Phi) is 5.15. The molecule has 0 aromatic carbocycles. The largest absolute Gasteiger partial charge is 0.470 e. The molecule has 10 heteroatoms. The average molecular weight is 459 g/mol. The molecule has 3 aliphatic heterocycles. The predicted molar refractivity (Wildman–Crippen MR) is 117 cm³/mol. The Bertz CT molecular complexity index is 1120. The number of nitrogens with zero attached hydrogens (tertiary/aromatic N) is 3. The zero-order valence-electron chi connectivity index (χ0n) is 17.2. The molecule has 0 amide bonds. The van der Waals surface area contributed by atoms with Crippen molar-refractivity contribution in [1.82, 2.24) is 15.0 Å². The molecular weight excluding hydrogens is 436 g/mol. The molecule has 0 spiro atoms. The second-order valence-corrected chi connectivity index (χ2v) is 8.61. The molecule has 2 N–H and O–H groups in total. The van der Waals surface area contributed by atoms with Crippen LogP contribution in [-0.2, 0) is 14.2 Å². The first-order chi connectivity index (χ1) is 15.7. The molecule has 3 aliphatic rings. The Morgan fingerprint density at radius 2 is 1.97 bits per heavy atom. The molecule has 6 rings (SSSR count). The SMILES string of the molecule is O[C@@H]1CO[C@H]2[C@@H]1OC[C@H]2Oc1cc2nc(-c3ccc(N4CCOCC4)cn3)c(Cl)cc2[nH]1. The summed E-state index contributed by atoms with van der Waals surface area (Å²) in [6, 6.07) is 7.63. The van der Waals surface area contributed by atoms with Crippen LogP contribution in [0.2, 0.25) is 5.02 Å². The first-order valence-corrected chi connectivity index (χ1v) is 11.1. The molecule has 32 heavy (non-hydrogen) atoms. The standard InChI is InChI=1S/C22H23ClN4O5/c23-13-7-15-16(8-19(25-15)32-18-11-31-21-17(28)10-30-22(18)21)26-20(13)14-2-1-12(9-24-14)27-3-5-29-6-4-27/h1-2,7-9,17-18,21-22,25,28H,3-6,10-11H2/t17-,18-,21-,22-/m1/s1. The molecule has 0 saturated carbocycles. The van der Waals surface area contributed by atoms with Gasteiger partial charge in [-0.1, -0.05) is 11.6 Å². The van der Waals surface area contributed by atoms with E-state index in [9.17, 15) is 5.11 Å². The number of morpholine rings is 1. The third-order valence-electron chi connectivity index (χ3n) is 6.16. The highest BCUT2D eigenvalue weighted by Crippen LogP contribution is 2.33. The van der Waals surface area contributed by atoms with Gasteiger partial charge in [0.1, 0.15) is 24.0 Å². The Morgan fingerprint density at radius 1 is 1.12 bits per heavy atom. The van der Waals surface area contributed by atoms with Gasteiger partial charge in [-0.25, -0.2) is 4.98 Å². The van der Waals surface area contributed by atoms with Crippen molar-refractivity contribution in [2.75, 3.05) is 44.4 Å². The van der Waals surface area contributed by atoms with Crippen molar-refractivity contribution in [3.05, 3.63) is 35.5 Å². The van der Waals surface area contributed by atoms with Crippen LogP contribution in [0.4, 0.5) is 5.69 Å². The molecule has 0 radical (unpaired) electrons. The maximum atomic E-state index is 9.91. The van der Waals surface area contributed by atoms with E-state index in [1.54, 1.807) is 0 Å². The van der Waals surface area contributed by atoms with Crippen molar-refractivity contribution in [3.8, 4) is 17.3 Å². The predicted octanol–water partition coefficient (Wildman–Crippen LogP) is 2.02. The number of aromatic nitrogens is 3. The second kappa shape index (κ2) is 8.17. The van der Waals surface area contributed by atoms with Gasteiger partial charge >= 0.3 is 0 Å². The molecule has 3 aromatic heterocycles. The van der Waals surface area contributed by atoms with Crippen LogP contribution in [0.1, 0.15) is 0 Å². The van der Waals surface area contributed by atoms with E-state index in [0.717, 1.165) is 43.0 Å². The number of halogens is 1. The number of anilines is 1. The highest BCUT2D eigenvalue weighted by atomic mass is 35.5. The smallest absolute Gasteiger partial charge is 0.193 e. The van der Waals surface area contributed by atoms with Gasteiger partial charge in [-0.05, 0) is 18.2 Å². The van der Waals surface area contributed by atoms with Gasteiger partial charge in [-0.3, -0.25) is 4.98 Å². The van der Waals surface area contributed by atoms with E-state index in [0.29, 0.717) is 28.9 Å². The molecule has 3 fully saturated rings. The van der Waals surface area contributed by atoms with Crippen LogP contribution >= 0.6 is 11.6 Å². The van der Waals surface area contributed by atoms with Crippen LogP contribution in [0.3, 0.4) is 0 Å². The summed E-state index contributed by atoms with van der Waals surface area (Å²) in [6.45, 7) is 3.79. The minimum atomic E-state index is -0.610. The molecule has 0 aliphatic carbocycles. The second-order valence-electron chi connectivity index (χ2n) is 8.21. The van der Waals surface area contributed by atoms with Crippen molar-refractivity contribution < 1.29 is 24.1 Å². The summed E-state index contributed by atoms with van der Waals surface area (Å²) < 4.78 is 22.7. The van der Waals surface area contributed by atoms with Crippen LogP contribution in [0.15, 0.2) is 30.5 Å². The maximum Gasteiger partial charge on any atom is 0.193 e. The fraction of sp³-hybridized carbons (Fsp3) is 0.455. The topological polar surface area (TPSA) is 102 Å². The lowest BCUT2D eigenvalue weighted by molar-refractivity contribution is 0.00794. The quantitative estimate of drug-likeness (QED) is 0.612. The normalized spacial score (nSPS) is 27.8. The zero-order valence-corrected chi connectivity index (χ0v) is 18.0. The van der Waals surface area contributed by atoms with Crippen molar-refractivity contribution in [2.45, 2.75) is 24.4 Å². The van der Waals surface area contributed by atoms with Gasteiger partial charge in [-0.2, -0.15) is 0 Å². The number of H-pyrrole nitrogens is 1. The number of aliphatic hydroxyl groups is 1. The number of nitrogens with one attached hydrogen (secondary N) is 1. The Balaban J connectivity index is 1.23. The first-order valence-electron chi connectivity index (χ1n) is 10.7. The van der Waals surface area contributed by atoms with Crippen LogP contribution in [-0.4, -0.2) is 84.0 Å². The molecular formula is C22H23ClN4O5. The number of hydrogen-bond acceptors (Lipinski definition) is 8. The third kappa shape index (κ3) is 3.60. The van der Waals surface area contributed by atoms with Gasteiger partial charge in [0.25, 0.3) is 0 Å². The fourth-order valence-electron chi connectivity index (χ4n) is 4.49. The summed E-state index contributed by atoms with van der Waals surface area (Å²) in [6.07, 6.45) is 0.324. The van der Waals surface area contributed by atoms with E-state index in [2.05, 4.69) is 14.9 Å². The third-order valence-corrected chi connectivity index (χ3v) is 6.45. The summed E-state index contributed by atoms with van der Waals surface area (Å²) in [7, 11) is 0. The number of aromatic amines is 1. The minimum Gasteiger partial charge on any atom is -0.470 e. The fourth-order valence-corrected chi connectivity index (χ4v) is 4.74. The number of hydrogen-bond donors (Lipinski definition) is 2. The van der Waals surface area contributed by atoms with E-state index in [4.69, 9.17) is 35.5 Å². The number of fused-ring (bicyclic) bond motifs is 2. The van der Waals surface area contributed by atoms with Crippen LogP contribution in [0.25, 0.3) is 22.4 Å². The van der Waals surface area contributed by atoms with Gasteiger partial charge in [0, 0.05) is 19.2 Å². The molecule has 4 atom stereocenters. The van der Waals surface area contributed by atoms with Crippen molar-refractivity contribution in [2.24, 2.45) is 0 Å². The lowest BCUT2D eigenvalue weighted by Crippen LogP contribution is -2.36. The average Bonchev–Trinajstić information content (AvgIpc) is 3.51. The molecule has 3 aromatic rings. The Hall–Kier alpha value is -2.43. The highest BCUT2D eigenvalue weighted by Gasteiger charge is 2.48. The zero-order chi connectivity index (χ0) is 21.7. The summed E-state index contributed by atoms with van der Waals surface area (Å²) in [5.41, 5.74) is 3.87. The van der Waals surface area contributed by atoms with E-state index in [1.807, 2.05) is 30.5 Å². The lowest BCUT2D eigenvalue weighted by atomic mass is 10.1. The number of ether oxygens (including phenoxy) is 4. The van der Waals surface area contributed by atoms with Crippen LogP contribution < -0.4 is 9.64 Å². The van der Waals surface area contributed by atoms with E-state index in [1.165, 1.54) is 0 Å². The molecule has 0 unspecified atom stereocenters. The van der Waals surface area contributed by atoms with Gasteiger partial charge in [0.15, 0.2) is 12.0 Å². The van der Waals surface area contributed by atoms with E-state index < -0.39 is 6.10 Å². The molecule has 3 saturated heterocycles. The molecule has 168 valence electrons. The summed E-state index contributed by atoms with van der Waals surface area (Å²) in [5.74, 6) is 0.551. The van der Waals surface area contributed by atoms with Crippen molar-refractivity contribution in [1.29, 1.82) is 0 Å². The van der Waals surface area contributed by atoms with Gasteiger partial charge in [0.05, 0.1) is 60.1 Å². The Morgan fingerprint density at radius 3 is 2.78 bits per heavy atom. The summed E-state index contributed by atoms with van der Waals surface area (Å²) in [5, 5.41) is 10.4. The Labute approximate surface area is 189 Å². The molecule has 9 nitrogen and oxygen atoms in total. The summed E-state index contributed by atoms with van der Waals surface area (Å²) in [4.78, 5) is 14.8. The lowest BCUT2D eigenvalue weighted by Gasteiger charge is -2.28. The molecule has 6 heterocycles. The van der Waals surface area contributed by atoms with E-state index in [-0.39, 0.29) is 24.9 Å². The monoisotopic (exact) mass is 458 g/mol. The number of aliphatic hydroxyl groups excluding tert-OH is 1. The van der Waals surface area contributed by atoms with Gasteiger partial charge < -0.3 is 33.9 Å².